The maximum absolute atomic E-state index is 9.25. The molecule has 20 heavy (non-hydrogen) atoms. The molecule has 0 saturated carbocycles. The van der Waals surface area contributed by atoms with E-state index < -0.39 is 0 Å². The molecule has 0 fully saturated rings. The van der Waals surface area contributed by atoms with Crippen molar-refractivity contribution in [3.8, 4) is 5.75 Å². The van der Waals surface area contributed by atoms with Gasteiger partial charge in [-0.05, 0) is 57.9 Å². The van der Waals surface area contributed by atoms with Crippen molar-refractivity contribution in [1.29, 1.82) is 0 Å². The van der Waals surface area contributed by atoms with E-state index in [9.17, 15) is 5.11 Å². The molecule has 3 nitrogen and oxygen atoms in total. The third kappa shape index (κ3) is 6.40. The van der Waals surface area contributed by atoms with E-state index in [1.165, 1.54) is 12.0 Å². The number of likely N-dealkylation sites (N-methyl/N-ethyl adjacent to an activating group) is 1. The number of nitrogens with zero attached hydrogens (tertiary/aromatic N) is 1. The Morgan fingerprint density at radius 1 is 1.20 bits per heavy atom. The lowest BCUT2D eigenvalue weighted by atomic mass is 10.1. The van der Waals surface area contributed by atoms with Gasteiger partial charge in [0.1, 0.15) is 5.75 Å². The molecule has 1 aromatic carbocycles. The summed E-state index contributed by atoms with van der Waals surface area (Å²) in [5.41, 5.74) is 1.29. The predicted molar refractivity (Wildman–Crippen MR) is 86.3 cm³/mol. The minimum atomic E-state index is 0.341. The molecule has 0 bridgehead atoms. The van der Waals surface area contributed by atoms with Gasteiger partial charge in [0, 0.05) is 25.2 Å². The number of hydrogen-bond acceptors (Lipinski definition) is 3. The number of aryl methyl sites for hydroxylation is 1. The first kappa shape index (κ1) is 17.0. The summed E-state index contributed by atoms with van der Waals surface area (Å²) in [4.78, 5) is 2.40. The fourth-order valence-electron chi connectivity index (χ4n) is 2.17. The molecule has 1 rings (SSSR count). The summed E-state index contributed by atoms with van der Waals surface area (Å²) in [6, 6.07) is 8.69. The highest BCUT2D eigenvalue weighted by molar-refractivity contribution is 5.25. The number of nitrogens with one attached hydrogen (secondary N) is 1. The second-order valence-electron chi connectivity index (χ2n) is 5.80. The van der Waals surface area contributed by atoms with Gasteiger partial charge in [-0.2, -0.15) is 0 Å². The van der Waals surface area contributed by atoms with E-state index in [0.717, 1.165) is 25.9 Å². The summed E-state index contributed by atoms with van der Waals surface area (Å²) in [6.07, 6.45) is 3.38. The van der Waals surface area contributed by atoms with E-state index in [0.29, 0.717) is 17.8 Å². The number of hydrogen-bond donors (Lipinski definition) is 2. The molecule has 3 heteroatoms. The number of phenolic OH excluding ortho intramolecular Hbond substituents is 1. The summed E-state index contributed by atoms with van der Waals surface area (Å²) in [5.74, 6) is 0.341. The first-order chi connectivity index (χ1) is 9.52. The largest absolute Gasteiger partial charge is 0.508 e. The lowest BCUT2D eigenvalue weighted by Crippen LogP contribution is -2.38. The van der Waals surface area contributed by atoms with E-state index in [-0.39, 0.29) is 0 Å². The first-order valence-corrected chi connectivity index (χ1v) is 7.74. The zero-order valence-electron chi connectivity index (χ0n) is 13.4. The van der Waals surface area contributed by atoms with Crippen molar-refractivity contribution >= 4 is 0 Å². The number of benzene rings is 1. The summed E-state index contributed by atoms with van der Waals surface area (Å²) in [5, 5.41) is 12.8. The van der Waals surface area contributed by atoms with Gasteiger partial charge in [-0.1, -0.05) is 19.1 Å². The second kappa shape index (κ2) is 8.98. The van der Waals surface area contributed by atoms with E-state index in [1.54, 1.807) is 12.1 Å². The van der Waals surface area contributed by atoms with E-state index >= 15 is 0 Å². The van der Waals surface area contributed by atoms with Gasteiger partial charge in [0.2, 0.25) is 0 Å². The number of aromatic hydroxyl groups is 1. The van der Waals surface area contributed by atoms with Gasteiger partial charge >= 0.3 is 0 Å². The molecule has 2 atom stereocenters. The van der Waals surface area contributed by atoms with Crippen molar-refractivity contribution in [2.45, 2.75) is 52.1 Å². The van der Waals surface area contributed by atoms with Crippen LogP contribution in [-0.2, 0) is 6.42 Å². The van der Waals surface area contributed by atoms with Gasteiger partial charge in [-0.25, -0.2) is 0 Å². The molecule has 0 spiro atoms. The highest BCUT2D eigenvalue weighted by Crippen LogP contribution is 2.11. The van der Waals surface area contributed by atoms with E-state index in [2.05, 4.69) is 38.0 Å². The highest BCUT2D eigenvalue weighted by Gasteiger charge is 2.07. The quantitative estimate of drug-likeness (QED) is 0.729. The minimum Gasteiger partial charge on any atom is -0.508 e. The Morgan fingerprint density at radius 2 is 1.85 bits per heavy atom. The van der Waals surface area contributed by atoms with Crippen LogP contribution in [-0.4, -0.2) is 42.2 Å². The molecule has 0 amide bonds. The Hall–Kier alpha value is -1.06. The zero-order valence-corrected chi connectivity index (χ0v) is 13.4. The van der Waals surface area contributed by atoms with Gasteiger partial charge < -0.3 is 15.3 Å². The molecule has 0 aliphatic heterocycles. The molecule has 114 valence electrons. The maximum Gasteiger partial charge on any atom is 0.115 e. The van der Waals surface area contributed by atoms with Crippen LogP contribution in [0.15, 0.2) is 24.3 Å². The topological polar surface area (TPSA) is 35.5 Å². The first-order valence-electron chi connectivity index (χ1n) is 7.74. The molecular formula is C17H30N2O. The minimum absolute atomic E-state index is 0.341. The van der Waals surface area contributed by atoms with Crippen LogP contribution in [0.2, 0.25) is 0 Å². The Balaban J connectivity index is 2.17. The van der Waals surface area contributed by atoms with Crippen molar-refractivity contribution in [3.63, 3.8) is 0 Å². The molecule has 2 unspecified atom stereocenters. The maximum atomic E-state index is 9.25. The smallest absolute Gasteiger partial charge is 0.115 e. The van der Waals surface area contributed by atoms with Crippen LogP contribution in [0.3, 0.4) is 0 Å². The van der Waals surface area contributed by atoms with Crippen LogP contribution in [0, 0.1) is 0 Å². The molecular weight excluding hydrogens is 248 g/mol. The second-order valence-corrected chi connectivity index (χ2v) is 5.80. The summed E-state index contributed by atoms with van der Waals surface area (Å²) in [6.45, 7) is 8.88. The van der Waals surface area contributed by atoms with E-state index in [1.807, 2.05) is 12.1 Å². The monoisotopic (exact) mass is 278 g/mol. The van der Waals surface area contributed by atoms with Gasteiger partial charge in [0.05, 0.1) is 0 Å². The van der Waals surface area contributed by atoms with Crippen molar-refractivity contribution in [2.24, 2.45) is 0 Å². The van der Waals surface area contributed by atoms with Crippen molar-refractivity contribution < 1.29 is 5.11 Å². The molecule has 1 aromatic rings. The molecule has 0 aliphatic carbocycles. The van der Waals surface area contributed by atoms with Gasteiger partial charge in [-0.15, -0.1) is 0 Å². The van der Waals surface area contributed by atoms with Gasteiger partial charge in [0.15, 0.2) is 0 Å². The summed E-state index contributed by atoms with van der Waals surface area (Å²) in [7, 11) is 2.19. The van der Waals surface area contributed by atoms with Gasteiger partial charge in [0.25, 0.3) is 0 Å². The molecule has 0 aliphatic rings. The van der Waals surface area contributed by atoms with Crippen molar-refractivity contribution in [1.82, 2.24) is 10.2 Å². The highest BCUT2D eigenvalue weighted by atomic mass is 16.3. The van der Waals surface area contributed by atoms with Gasteiger partial charge in [-0.3, -0.25) is 0 Å². The normalized spacial score (nSPS) is 14.4. The van der Waals surface area contributed by atoms with Crippen molar-refractivity contribution in [2.75, 3.05) is 20.1 Å². The Labute approximate surface area is 124 Å². The zero-order chi connectivity index (χ0) is 15.0. The Morgan fingerprint density at radius 3 is 2.45 bits per heavy atom. The summed E-state index contributed by atoms with van der Waals surface area (Å²) < 4.78 is 0. The number of phenols is 1. The SMILES string of the molecule is CCC(C)N(C)CCNC(C)CCc1ccc(O)cc1. The standard InChI is InChI=1S/C17H30N2O/c1-5-15(3)19(4)13-12-18-14(2)6-7-16-8-10-17(20)11-9-16/h8-11,14-15,18,20H,5-7,12-13H2,1-4H3. The van der Waals surface area contributed by atoms with Crippen LogP contribution in [0.25, 0.3) is 0 Å². The molecule has 0 heterocycles. The third-order valence-corrected chi connectivity index (χ3v) is 4.10. The van der Waals surface area contributed by atoms with Crippen LogP contribution in [0.1, 0.15) is 39.2 Å². The fraction of sp³-hybridized carbons (Fsp3) is 0.647. The van der Waals surface area contributed by atoms with Crippen LogP contribution in [0.5, 0.6) is 5.75 Å². The fourth-order valence-corrected chi connectivity index (χ4v) is 2.17. The lowest BCUT2D eigenvalue weighted by molar-refractivity contribution is 0.248. The third-order valence-electron chi connectivity index (χ3n) is 4.10. The van der Waals surface area contributed by atoms with Crippen LogP contribution in [0.4, 0.5) is 0 Å². The average molecular weight is 278 g/mol. The molecule has 0 saturated heterocycles. The van der Waals surface area contributed by atoms with Crippen LogP contribution < -0.4 is 5.32 Å². The molecule has 0 radical (unpaired) electrons. The predicted octanol–water partition coefficient (Wildman–Crippen LogP) is 3.03. The average Bonchev–Trinajstić information content (AvgIpc) is 2.45. The number of rotatable bonds is 9. The van der Waals surface area contributed by atoms with Crippen LogP contribution >= 0.6 is 0 Å². The lowest BCUT2D eigenvalue weighted by Gasteiger charge is -2.24. The van der Waals surface area contributed by atoms with Crippen molar-refractivity contribution in [3.05, 3.63) is 29.8 Å². The molecule has 0 aromatic heterocycles. The molecule has 2 N–H and O–H groups in total. The van der Waals surface area contributed by atoms with E-state index in [4.69, 9.17) is 0 Å². The Bertz CT molecular complexity index is 364. The summed E-state index contributed by atoms with van der Waals surface area (Å²) >= 11 is 0. The Kier molecular flexibility index (Phi) is 7.63.